The van der Waals surface area contributed by atoms with E-state index in [1.165, 1.54) is 22.8 Å². The van der Waals surface area contributed by atoms with E-state index in [-0.39, 0.29) is 36.0 Å². The first-order valence-electron chi connectivity index (χ1n) is 10.7. The van der Waals surface area contributed by atoms with Crippen molar-refractivity contribution < 1.29 is 26.7 Å². The molecule has 0 aromatic carbocycles. The molecule has 4 rings (SSSR count). The summed E-state index contributed by atoms with van der Waals surface area (Å²) in [7, 11) is -2.63. The van der Waals surface area contributed by atoms with Crippen LogP contribution in [0.4, 0.5) is 8.78 Å². The van der Waals surface area contributed by atoms with Gasteiger partial charge >= 0.3 is 5.97 Å². The van der Waals surface area contributed by atoms with Gasteiger partial charge in [-0.05, 0) is 25.3 Å². The third-order valence-electron chi connectivity index (χ3n) is 6.55. The first-order valence-corrected chi connectivity index (χ1v) is 13.5. The number of hydrogen-bond donors (Lipinski definition) is 2. The molecule has 0 saturated carbocycles. The number of nitrogens with zero attached hydrogens (tertiary/aromatic N) is 3. The summed E-state index contributed by atoms with van der Waals surface area (Å²) in [5.74, 6) is -2.90. The molecule has 3 aliphatic rings. The van der Waals surface area contributed by atoms with Gasteiger partial charge in [0.2, 0.25) is 0 Å². The molecule has 2 atom stereocenters. The van der Waals surface area contributed by atoms with E-state index < -0.39 is 39.3 Å². The summed E-state index contributed by atoms with van der Waals surface area (Å²) in [6.07, 6.45) is 3.39. The summed E-state index contributed by atoms with van der Waals surface area (Å²) in [5, 5.41) is 10.4. The Labute approximate surface area is 210 Å². The van der Waals surface area contributed by atoms with Crippen LogP contribution in [-0.4, -0.2) is 55.8 Å². The normalized spacial score (nSPS) is 26.9. The van der Waals surface area contributed by atoms with Crippen LogP contribution in [0.5, 0.6) is 0 Å². The topological polar surface area (TPSA) is 127 Å². The number of ether oxygens (including phenoxy) is 1. The molecule has 3 N–H and O–H groups in total. The van der Waals surface area contributed by atoms with Crippen molar-refractivity contribution >= 4 is 45.0 Å². The lowest BCUT2D eigenvalue weighted by molar-refractivity contribution is -0.136. The maximum Gasteiger partial charge on any atom is 0.337 e. The Morgan fingerprint density at radius 3 is 2.63 bits per heavy atom. The third-order valence-corrected chi connectivity index (χ3v) is 9.01. The number of rotatable bonds is 5. The minimum Gasteiger partial charge on any atom is -0.466 e. The van der Waals surface area contributed by atoms with Gasteiger partial charge in [0.1, 0.15) is 0 Å². The number of carbonyl (C=O) groups excluding carboxylic acids is 1. The standard InChI is InChI=1S/C21H24ClF2N5O4S2/c1-21(6-3-12(23)14(24)16(21)22)17-13(20(30)33-2)15(27-18(28-17)19-26-7-10-34-19)11-4-8-29(9-5-11)35(25,31)32/h3,7,10-11,17H,4-6,8-9H2,1-2H3,(H,27,28)(H2,25,31,32)/t17-,21?/m0/s1. The minimum atomic E-state index is -3.85. The molecule has 1 aromatic heterocycles. The zero-order valence-corrected chi connectivity index (χ0v) is 21.3. The average molecular weight is 548 g/mol. The van der Waals surface area contributed by atoms with Gasteiger partial charge < -0.3 is 10.1 Å². The highest BCUT2D eigenvalue weighted by Gasteiger charge is 2.49. The minimum absolute atomic E-state index is 0.0119. The maximum absolute atomic E-state index is 14.6. The molecule has 0 spiro atoms. The second-order valence-electron chi connectivity index (χ2n) is 8.68. The molecular weight excluding hydrogens is 524 g/mol. The molecule has 1 aliphatic carbocycles. The number of halogens is 3. The molecule has 14 heteroatoms. The number of esters is 1. The second kappa shape index (κ2) is 9.69. The molecular formula is C21H24ClF2N5O4S2. The Morgan fingerprint density at radius 1 is 1.37 bits per heavy atom. The van der Waals surface area contributed by atoms with Crippen LogP contribution in [0.15, 0.2) is 50.6 Å². The molecule has 1 fully saturated rings. The number of allylic oxidation sites excluding steroid dienone is 4. The Hall–Kier alpha value is -2.19. The van der Waals surface area contributed by atoms with Crippen molar-refractivity contribution in [3.05, 3.63) is 50.6 Å². The highest BCUT2D eigenvalue weighted by atomic mass is 35.5. The molecule has 0 bridgehead atoms. The average Bonchev–Trinajstić information content (AvgIpc) is 3.38. The summed E-state index contributed by atoms with van der Waals surface area (Å²) in [6.45, 7) is 1.91. The number of methoxy groups -OCH3 is 1. The van der Waals surface area contributed by atoms with E-state index in [0.717, 1.165) is 6.08 Å². The van der Waals surface area contributed by atoms with Crippen molar-refractivity contribution in [1.82, 2.24) is 14.6 Å². The van der Waals surface area contributed by atoms with Crippen molar-refractivity contribution in [1.29, 1.82) is 0 Å². The Morgan fingerprint density at radius 2 is 2.06 bits per heavy atom. The SMILES string of the molecule is COC(=O)C1=C(C2CCN(S(N)(=O)=O)CC2)NC(c2nccs2)=N[C@@H]1C1(C)CC=C(F)C(F)=C1Cl. The van der Waals surface area contributed by atoms with Crippen LogP contribution in [0.2, 0.25) is 0 Å². The maximum atomic E-state index is 14.6. The van der Waals surface area contributed by atoms with Gasteiger partial charge in [0.25, 0.3) is 10.2 Å². The highest BCUT2D eigenvalue weighted by molar-refractivity contribution is 7.86. The number of aliphatic imine (C=N–C) groups is 1. The number of carbonyl (C=O) groups is 1. The smallest absolute Gasteiger partial charge is 0.337 e. The number of piperidine rings is 1. The lowest BCUT2D eigenvalue weighted by Crippen LogP contribution is -2.48. The molecule has 35 heavy (non-hydrogen) atoms. The predicted octanol–water partition coefficient (Wildman–Crippen LogP) is 2.89. The fourth-order valence-corrected chi connectivity index (χ4v) is 6.18. The van der Waals surface area contributed by atoms with E-state index in [4.69, 9.17) is 26.5 Å². The predicted molar refractivity (Wildman–Crippen MR) is 128 cm³/mol. The van der Waals surface area contributed by atoms with Gasteiger partial charge in [0, 0.05) is 41.7 Å². The Kier molecular flexibility index (Phi) is 7.17. The molecule has 1 unspecified atom stereocenters. The second-order valence-corrected chi connectivity index (χ2v) is 11.5. The van der Waals surface area contributed by atoms with Gasteiger partial charge in [-0.1, -0.05) is 18.5 Å². The fraction of sp³-hybridized carbons (Fsp3) is 0.476. The summed E-state index contributed by atoms with van der Waals surface area (Å²) >= 11 is 7.66. The van der Waals surface area contributed by atoms with Crippen molar-refractivity contribution in [2.75, 3.05) is 20.2 Å². The molecule has 3 heterocycles. The number of amidine groups is 1. The number of nitrogens with two attached hydrogens (primary N) is 1. The lowest BCUT2D eigenvalue weighted by atomic mass is 9.71. The lowest BCUT2D eigenvalue weighted by Gasteiger charge is -2.41. The zero-order chi connectivity index (χ0) is 25.5. The molecule has 1 saturated heterocycles. The molecule has 1 aromatic rings. The highest BCUT2D eigenvalue weighted by Crippen LogP contribution is 2.50. The Balaban J connectivity index is 1.84. The van der Waals surface area contributed by atoms with E-state index in [1.54, 1.807) is 18.5 Å². The number of thiazole rings is 1. The largest absolute Gasteiger partial charge is 0.466 e. The summed E-state index contributed by atoms with van der Waals surface area (Å²) in [6, 6.07) is -1.02. The first kappa shape index (κ1) is 25.9. The fourth-order valence-electron chi connectivity index (χ4n) is 4.60. The van der Waals surface area contributed by atoms with Crippen molar-refractivity contribution in [2.24, 2.45) is 21.5 Å². The summed E-state index contributed by atoms with van der Waals surface area (Å²) in [5.41, 5.74) is -0.690. The van der Waals surface area contributed by atoms with Crippen LogP contribution < -0.4 is 10.5 Å². The summed E-state index contributed by atoms with van der Waals surface area (Å²) < 4.78 is 58.4. The Bertz CT molecular complexity index is 1250. The van der Waals surface area contributed by atoms with Crippen LogP contribution in [0.1, 0.15) is 31.2 Å². The van der Waals surface area contributed by atoms with Gasteiger partial charge in [-0.15, -0.1) is 11.3 Å². The van der Waals surface area contributed by atoms with Gasteiger partial charge in [-0.25, -0.2) is 23.7 Å². The van der Waals surface area contributed by atoms with Crippen molar-refractivity contribution in [2.45, 2.75) is 32.2 Å². The van der Waals surface area contributed by atoms with Crippen molar-refractivity contribution in [3.63, 3.8) is 0 Å². The van der Waals surface area contributed by atoms with Crippen LogP contribution in [0.25, 0.3) is 0 Å². The summed E-state index contributed by atoms with van der Waals surface area (Å²) in [4.78, 5) is 22.1. The van der Waals surface area contributed by atoms with Crippen LogP contribution in [0.3, 0.4) is 0 Å². The van der Waals surface area contributed by atoms with Gasteiger partial charge in [0.05, 0.1) is 23.8 Å². The van der Waals surface area contributed by atoms with Crippen molar-refractivity contribution in [3.8, 4) is 0 Å². The van der Waals surface area contributed by atoms with E-state index in [1.807, 2.05) is 0 Å². The van der Waals surface area contributed by atoms with Crippen LogP contribution in [-0.2, 0) is 19.7 Å². The molecule has 2 aliphatic heterocycles. The van der Waals surface area contributed by atoms with Crippen LogP contribution >= 0.6 is 22.9 Å². The number of hydrogen-bond acceptors (Lipinski definition) is 8. The van der Waals surface area contributed by atoms with E-state index >= 15 is 0 Å². The molecule has 0 amide bonds. The first-order chi connectivity index (χ1) is 16.5. The van der Waals surface area contributed by atoms with Gasteiger partial charge in [-0.3, -0.25) is 4.99 Å². The van der Waals surface area contributed by atoms with E-state index in [0.29, 0.717) is 29.4 Å². The monoisotopic (exact) mass is 547 g/mol. The van der Waals surface area contributed by atoms with Gasteiger partial charge in [0.15, 0.2) is 22.5 Å². The molecule has 9 nitrogen and oxygen atoms in total. The number of nitrogens with one attached hydrogen (secondary N) is 1. The zero-order valence-electron chi connectivity index (χ0n) is 18.9. The van der Waals surface area contributed by atoms with E-state index in [2.05, 4.69) is 10.3 Å². The number of aromatic nitrogens is 1. The molecule has 0 radical (unpaired) electrons. The van der Waals surface area contributed by atoms with E-state index in [9.17, 15) is 22.0 Å². The quantitative estimate of drug-likeness (QED) is 0.546. The van der Waals surface area contributed by atoms with Gasteiger partial charge in [-0.2, -0.15) is 12.7 Å². The third kappa shape index (κ3) is 4.79. The molecule has 190 valence electrons. The van der Waals surface area contributed by atoms with Crippen LogP contribution in [0, 0.1) is 11.3 Å².